The molecule has 1 N–H and O–H groups in total. The van der Waals surface area contributed by atoms with Gasteiger partial charge in [-0.1, -0.05) is 0 Å². The van der Waals surface area contributed by atoms with Crippen LogP contribution in [0.5, 0.6) is 0 Å². The molecule has 23 heavy (non-hydrogen) atoms. The minimum atomic E-state index is -0.252. The van der Waals surface area contributed by atoms with Crippen molar-refractivity contribution in [2.24, 2.45) is 0 Å². The van der Waals surface area contributed by atoms with E-state index in [1.165, 1.54) is 12.1 Å². The highest BCUT2D eigenvalue weighted by Gasteiger charge is 2.13. The van der Waals surface area contributed by atoms with E-state index in [1.807, 2.05) is 32.7 Å². The first-order chi connectivity index (χ1) is 10.8. The van der Waals surface area contributed by atoms with Crippen molar-refractivity contribution in [2.45, 2.75) is 33.4 Å². The Balaban J connectivity index is 2.03. The number of aromatic nitrogens is 1. The van der Waals surface area contributed by atoms with E-state index in [2.05, 4.69) is 10.3 Å². The number of hydrogen-bond donors (Lipinski definition) is 1. The van der Waals surface area contributed by atoms with E-state index in [4.69, 9.17) is 0 Å². The summed E-state index contributed by atoms with van der Waals surface area (Å²) < 4.78 is 13.0. The lowest BCUT2D eigenvalue weighted by molar-refractivity contribution is -0.122. The number of nitrogens with one attached hydrogen (secondary N) is 1. The van der Waals surface area contributed by atoms with E-state index < -0.39 is 0 Å². The largest absolute Gasteiger partial charge is 0.353 e. The number of aryl methyl sites for hydroxylation is 1. The summed E-state index contributed by atoms with van der Waals surface area (Å²) in [7, 11) is 1.90. The molecule has 1 aromatic carbocycles. The topological polar surface area (TPSA) is 45.2 Å². The smallest absolute Gasteiger partial charge is 0.234 e. The van der Waals surface area contributed by atoms with Crippen LogP contribution in [0.25, 0.3) is 11.3 Å². The number of amides is 1. The molecule has 2 rings (SSSR count). The van der Waals surface area contributed by atoms with E-state index in [0.717, 1.165) is 21.1 Å². The molecule has 0 radical (unpaired) electrons. The molecule has 0 aliphatic rings. The summed E-state index contributed by atoms with van der Waals surface area (Å²) in [6.07, 6.45) is 0. The van der Waals surface area contributed by atoms with Gasteiger partial charge in [-0.05, 0) is 52.1 Å². The van der Waals surface area contributed by atoms with Gasteiger partial charge in [0.05, 0.1) is 18.8 Å². The van der Waals surface area contributed by atoms with Crippen molar-refractivity contribution >= 4 is 17.2 Å². The van der Waals surface area contributed by atoms with Crippen molar-refractivity contribution < 1.29 is 9.18 Å². The lowest BCUT2D eigenvalue weighted by Gasteiger charge is -2.16. The van der Waals surface area contributed by atoms with Crippen LogP contribution in [0.3, 0.4) is 0 Å². The highest BCUT2D eigenvalue weighted by Crippen LogP contribution is 2.28. The Hall–Kier alpha value is -1.79. The van der Waals surface area contributed by atoms with E-state index in [-0.39, 0.29) is 17.8 Å². The fourth-order valence-electron chi connectivity index (χ4n) is 2.29. The molecule has 6 heteroatoms. The van der Waals surface area contributed by atoms with Crippen LogP contribution >= 0.6 is 11.3 Å². The zero-order chi connectivity index (χ0) is 17.0. The molecule has 0 fully saturated rings. The van der Waals surface area contributed by atoms with Gasteiger partial charge in [0.15, 0.2) is 0 Å². The molecule has 1 amide bonds. The molecular weight excluding hydrogens is 313 g/mol. The molecular formula is C17H22FN3OS. The molecule has 4 nitrogen and oxygen atoms in total. The molecule has 0 unspecified atom stereocenters. The lowest BCUT2D eigenvalue weighted by Crippen LogP contribution is -2.38. The molecule has 0 saturated heterocycles. The molecule has 2 aromatic rings. The number of benzene rings is 1. The maximum absolute atomic E-state index is 13.0. The first kappa shape index (κ1) is 17.6. The van der Waals surface area contributed by atoms with Crippen molar-refractivity contribution in [2.75, 3.05) is 13.6 Å². The highest BCUT2D eigenvalue weighted by atomic mass is 32.1. The van der Waals surface area contributed by atoms with Gasteiger partial charge in [-0.2, -0.15) is 0 Å². The average Bonchev–Trinajstić information content (AvgIpc) is 2.79. The van der Waals surface area contributed by atoms with Gasteiger partial charge in [-0.25, -0.2) is 9.37 Å². The molecule has 0 bridgehead atoms. The van der Waals surface area contributed by atoms with Gasteiger partial charge in [0.25, 0.3) is 0 Å². The Bertz CT molecular complexity index is 667. The molecule has 1 heterocycles. The maximum Gasteiger partial charge on any atom is 0.234 e. The standard InChI is InChI=1S/C17H22FN3OS/c1-11(2)19-15(22)9-21(4)10-16-20-17(12(3)23-16)13-5-7-14(18)8-6-13/h5-8,11H,9-10H2,1-4H3,(H,19,22). The average molecular weight is 335 g/mol. The van der Waals surface area contributed by atoms with Crippen LogP contribution in [0.2, 0.25) is 0 Å². The summed E-state index contributed by atoms with van der Waals surface area (Å²) in [5, 5.41) is 3.82. The lowest BCUT2D eigenvalue weighted by atomic mass is 10.1. The Morgan fingerprint density at radius 3 is 2.61 bits per heavy atom. The van der Waals surface area contributed by atoms with Gasteiger partial charge in [0.1, 0.15) is 10.8 Å². The van der Waals surface area contributed by atoms with Crippen LogP contribution in [-0.4, -0.2) is 35.4 Å². The van der Waals surface area contributed by atoms with Crippen molar-refractivity contribution in [3.05, 3.63) is 40.0 Å². The van der Waals surface area contributed by atoms with Crippen LogP contribution in [-0.2, 0) is 11.3 Å². The molecule has 124 valence electrons. The van der Waals surface area contributed by atoms with Crippen LogP contribution in [0.4, 0.5) is 4.39 Å². The summed E-state index contributed by atoms with van der Waals surface area (Å²) in [4.78, 5) is 19.4. The number of rotatable bonds is 6. The number of hydrogen-bond acceptors (Lipinski definition) is 4. The van der Waals surface area contributed by atoms with Crippen molar-refractivity contribution in [3.63, 3.8) is 0 Å². The predicted octanol–water partition coefficient (Wildman–Crippen LogP) is 3.21. The molecule has 0 aliphatic carbocycles. The van der Waals surface area contributed by atoms with Crippen LogP contribution < -0.4 is 5.32 Å². The second-order valence-corrected chi connectivity index (χ2v) is 7.20. The summed E-state index contributed by atoms with van der Waals surface area (Å²) in [6.45, 7) is 6.83. The second kappa shape index (κ2) is 7.66. The third-order valence-electron chi connectivity index (χ3n) is 3.23. The Morgan fingerprint density at radius 2 is 2.00 bits per heavy atom. The monoisotopic (exact) mass is 335 g/mol. The fraction of sp³-hybridized carbons (Fsp3) is 0.412. The fourth-order valence-corrected chi connectivity index (χ4v) is 3.33. The van der Waals surface area contributed by atoms with Gasteiger partial charge >= 0.3 is 0 Å². The SMILES string of the molecule is Cc1sc(CN(C)CC(=O)NC(C)C)nc1-c1ccc(F)cc1. The number of likely N-dealkylation sites (N-methyl/N-ethyl adjacent to an activating group) is 1. The van der Waals surface area contributed by atoms with Crippen LogP contribution in [0.15, 0.2) is 24.3 Å². The van der Waals surface area contributed by atoms with Crippen molar-refractivity contribution in [1.29, 1.82) is 0 Å². The number of thiazole rings is 1. The molecule has 1 aromatic heterocycles. The summed E-state index contributed by atoms with van der Waals surface area (Å²) in [6, 6.07) is 6.50. The highest BCUT2D eigenvalue weighted by molar-refractivity contribution is 7.12. The first-order valence-corrected chi connectivity index (χ1v) is 8.37. The predicted molar refractivity (Wildman–Crippen MR) is 91.9 cm³/mol. The Morgan fingerprint density at radius 1 is 1.35 bits per heavy atom. The van der Waals surface area contributed by atoms with Crippen molar-refractivity contribution in [1.82, 2.24) is 15.2 Å². The van der Waals surface area contributed by atoms with E-state index in [0.29, 0.717) is 13.1 Å². The number of carbonyl (C=O) groups excluding carboxylic acids is 1. The maximum atomic E-state index is 13.0. The molecule has 0 aliphatic heterocycles. The number of nitrogens with zero attached hydrogens (tertiary/aromatic N) is 2. The third-order valence-corrected chi connectivity index (χ3v) is 4.18. The van der Waals surface area contributed by atoms with Crippen LogP contribution in [0.1, 0.15) is 23.7 Å². The van der Waals surface area contributed by atoms with E-state index >= 15 is 0 Å². The molecule has 0 saturated carbocycles. The minimum Gasteiger partial charge on any atom is -0.353 e. The number of halogens is 1. The minimum absolute atomic E-state index is 0.00883. The van der Waals surface area contributed by atoms with Gasteiger partial charge in [0.2, 0.25) is 5.91 Å². The van der Waals surface area contributed by atoms with Crippen LogP contribution in [0, 0.1) is 12.7 Å². The molecule has 0 spiro atoms. The summed E-state index contributed by atoms with van der Waals surface area (Å²) >= 11 is 1.60. The Kier molecular flexibility index (Phi) is 5.85. The van der Waals surface area contributed by atoms with Gasteiger partial charge in [-0.15, -0.1) is 11.3 Å². The summed E-state index contributed by atoms with van der Waals surface area (Å²) in [5.41, 5.74) is 1.79. The Labute approximate surface area is 140 Å². The molecule has 0 atom stereocenters. The first-order valence-electron chi connectivity index (χ1n) is 7.55. The normalized spacial score (nSPS) is 11.3. The number of carbonyl (C=O) groups is 1. The van der Waals surface area contributed by atoms with Gasteiger partial charge < -0.3 is 5.32 Å². The van der Waals surface area contributed by atoms with E-state index in [9.17, 15) is 9.18 Å². The summed E-state index contributed by atoms with van der Waals surface area (Å²) in [5.74, 6) is -0.243. The zero-order valence-corrected chi connectivity index (χ0v) is 14.7. The zero-order valence-electron chi connectivity index (χ0n) is 13.9. The van der Waals surface area contributed by atoms with Gasteiger partial charge in [-0.3, -0.25) is 9.69 Å². The van der Waals surface area contributed by atoms with E-state index in [1.54, 1.807) is 23.5 Å². The second-order valence-electron chi connectivity index (χ2n) is 5.91. The third kappa shape index (κ3) is 5.11. The van der Waals surface area contributed by atoms with Crippen molar-refractivity contribution in [3.8, 4) is 11.3 Å². The van der Waals surface area contributed by atoms with Gasteiger partial charge in [0, 0.05) is 16.5 Å². The quantitative estimate of drug-likeness (QED) is 0.882.